The average Bonchev–Trinajstić information content (AvgIpc) is 2.63. The maximum Gasteiger partial charge on any atom is 0.0660 e. The van der Waals surface area contributed by atoms with Crippen molar-refractivity contribution in [1.29, 1.82) is 0 Å². The predicted molar refractivity (Wildman–Crippen MR) is 87.8 cm³/mol. The minimum absolute atomic E-state index is 0.692. The fourth-order valence-electron chi connectivity index (χ4n) is 3.73. The van der Waals surface area contributed by atoms with Crippen LogP contribution in [0, 0.1) is 0 Å². The number of para-hydroxylation sites is 1. The van der Waals surface area contributed by atoms with Gasteiger partial charge in [0, 0.05) is 27.1 Å². The minimum Gasteiger partial charge on any atom is -0.364 e. The van der Waals surface area contributed by atoms with Gasteiger partial charge in [0.1, 0.15) is 0 Å². The Morgan fingerprint density at radius 1 is 1.16 bits per heavy atom. The quantitative estimate of drug-likeness (QED) is 0.830. The van der Waals surface area contributed by atoms with Crippen LogP contribution in [0.5, 0.6) is 0 Å². The molecule has 1 aromatic carbocycles. The molecule has 2 nitrogen and oxygen atoms in total. The number of fused-ring (bicyclic) bond motifs is 2. The van der Waals surface area contributed by atoms with E-state index in [0.717, 1.165) is 6.54 Å². The molecule has 2 atom stereocenters. The van der Waals surface area contributed by atoms with Gasteiger partial charge in [-0.05, 0) is 76.2 Å². The first-order valence-electron chi connectivity index (χ1n) is 7.16. The summed E-state index contributed by atoms with van der Waals surface area (Å²) in [6.07, 6.45) is 5.22. The van der Waals surface area contributed by atoms with E-state index in [1.807, 2.05) is 0 Å². The van der Waals surface area contributed by atoms with Gasteiger partial charge in [-0.15, -0.1) is 0 Å². The van der Waals surface area contributed by atoms with E-state index in [1.54, 1.807) is 0 Å². The number of halogens is 2. The van der Waals surface area contributed by atoms with Gasteiger partial charge in [-0.25, -0.2) is 0 Å². The summed E-state index contributed by atoms with van der Waals surface area (Å²) in [6, 6.07) is 8.48. The van der Waals surface area contributed by atoms with Crippen LogP contribution in [0.2, 0.25) is 0 Å². The van der Waals surface area contributed by atoms with Gasteiger partial charge in [0.15, 0.2) is 0 Å². The van der Waals surface area contributed by atoms with E-state index in [4.69, 9.17) is 0 Å². The summed E-state index contributed by atoms with van der Waals surface area (Å²) in [6.45, 7) is 3.29. The second-order valence-corrected chi connectivity index (χ2v) is 7.30. The van der Waals surface area contributed by atoms with Crippen LogP contribution < -0.4 is 10.2 Å². The van der Waals surface area contributed by atoms with E-state index < -0.39 is 0 Å². The van der Waals surface area contributed by atoms with Gasteiger partial charge in [0.05, 0.1) is 5.69 Å². The molecule has 19 heavy (non-hydrogen) atoms. The Labute approximate surface area is 132 Å². The second-order valence-electron chi connectivity index (χ2n) is 5.59. The minimum atomic E-state index is 0.692. The van der Waals surface area contributed by atoms with Gasteiger partial charge in [-0.1, -0.05) is 13.0 Å². The summed E-state index contributed by atoms with van der Waals surface area (Å²) < 4.78 is 2.42. The molecule has 0 aromatic heterocycles. The van der Waals surface area contributed by atoms with Crippen LogP contribution in [-0.4, -0.2) is 24.7 Å². The van der Waals surface area contributed by atoms with Crippen molar-refractivity contribution in [2.24, 2.45) is 0 Å². The van der Waals surface area contributed by atoms with E-state index in [0.29, 0.717) is 18.1 Å². The number of nitrogens with zero attached hydrogens (tertiary/aromatic N) is 1. The summed E-state index contributed by atoms with van der Waals surface area (Å²) in [7, 11) is 0. The van der Waals surface area contributed by atoms with Crippen molar-refractivity contribution in [2.75, 3.05) is 11.4 Å². The molecule has 1 aromatic rings. The zero-order chi connectivity index (χ0) is 13.4. The topological polar surface area (TPSA) is 15.3 Å². The lowest BCUT2D eigenvalue weighted by Crippen LogP contribution is -2.49. The molecule has 2 unspecified atom stereocenters. The molecule has 2 heterocycles. The molecular weight excluding hydrogens is 368 g/mol. The number of anilines is 1. The van der Waals surface area contributed by atoms with Crippen molar-refractivity contribution >= 4 is 37.5 Å². The summed E-state index contributed by atoms with van der Waals surface area (Å²) >= 11 is 7.45. The number of nitrogens with one attached hydrogen (secondary N) is 1. The first-order valence-corrected chi connectivity index (χ1v) is 8.75. The molecule has 2 bridgehead atoms. The molecule has 3 rings (SSSR count). The number of piperidine rings is 1. The third-order valence-electron chi connectivity index (χ3n) is 4.42. The fraction of sp³-hybridized carbons (Fsp3) is 0.600. The summed E-state index contributed by atoms with van der Waals surface area (Å²) in [4.78, 5) is 2.65. The van der Waals surface area contributed by atoms with Gasteiger partial charge < -0.3 is 10.2 Å². The Hall–Kier alpha value is -0.0600. The second kappa shape index (κ2) is 5.74. The average molecular weight is 388 g/mol. The Morgan fingerprint density at radius 2 is 1.74 bits per heavy atom. The molecule has 104 valence electrons. The number of rotatable bonds is 3. The van der Waals surface area contributed by atoms with Crippen LogP contribution >= 0.6 is 31.9 Å². The number of hydrogen-bond donors (Lipinski definition) is 1. The highest BCUT2D eigenvalue weighted by atomic mass is 79.9. The van der Waals surface area contributed by atoms with Gasteiger partial charge in [0.25, 0.3) is 0 Å². The molecule has 0 spiro atoms. The normalized spacial score (nSPS) is 29.8. The van der Waals surface area contributed by atoms with Gasteiger partial charge >= 0.3 is 0 Å². The first-order chi connectivity index (χ1) is 9.20. The molecule has 2 aliphatic heterocycles. The molecular formula is C15H20Br2N2. The summed E-state index contributed by atoms with van der Waals surface area (Å²) in [5.74, 6) is 0. The van der Waals surface area contributed by atoms with Crippen molar-refractivity contribution in [3.63, 3.8) is 0 Å². The maximum absolute atomic E-state index is 3.72. The smallest absolute Gasteiger partial charge is 0.0660 e. The molecule has 2 saturated heterocycles. The standard InChI is InChI=1S/C15H20Br2N2/c1-2-18-10-8-11-6-7-12(9-10)19(11)15-13(16)4-3-5-14(15)17/h3-5,10-12,18H,2,6-9H2,1H3. The van der Waals surface area contributed by atoms with Crippen LogP contribution in [0.4, 0.5) is 5.69 Å². The molecule has 2 fully saturated rings. The highest BCUT2D eigenvalue weighted by Gasteiger charge is 2.41. The largest absolute Gasteiger partial charge is 0.364 e. The molecule has 0 amide bonds. The highest BCUT2D eigenvalue weighted by molar-refractivity contribution is 9.11. The lowest BCUT2D eigenvalue weighted by Gasteiger charge is -2.41. The maximum atomic E-state index is 3.72. The predicted octanol–water partition coefficient (Wildman–Crippen LogP) is 4.32. The number of hydrogen-bond acceptors (Lipinski definition) is 2. The van der Waals surface area contributed by atoms with Crippen LogP contribution in [0.15, 0.2) is 27.1 Å². The van der Waals surface area contributed by atoms with Crippen LogP contribution in [0.25, 0.3) is 0 Å². The van der Waals surface area contributed by atoms with Gasteiger partial charge in [-0.3, -0.25) is 0 Å². The summed E-state index contributed by atoms with van der Waals surface area (Å²) in [5.41, 5.74) is 1.35. The van der Waals surface area contributed by atoms with E-state index >= 15 is 0 Å². The van der Waals surface area contributed by atoms with Gasteiger partial charge in [-0.2, -0.15) is 0 Å². The zero-order valence-corrected chi connectivity index (χ0v) is 14.4. The van der Waals surface area contributed by atoms with Crippen LogP contribution in [0.1, 0.15) is 32.6 Å². The Balaban J connectivity index is 1.88. The molecule has 0 radical (unpaired) electrons. The molecule has 2 aliphatic rings. The van der Waals surface area contributed by atoms with E-state index in [2.05, 4.69) is 67.2 Å². The first kappa shape index (κ1) is 13.9. The van der Waals surface area contributed by atoms with Crippen molar-refractivity contribution in [1.82, 2.24) is 5.32 Å². The Kier molecular flexibility index (Phi) is 4.20. The lowest BCUT2D eigenvalue weighted by atomic mass is 9.96. The van der Waals surface area contributed by atoms with E-state index in [-0.39, 0.29) is 0 Å². The zero-order valence-electron chi connectivity index (χ0n) is 11.2. The molecule has 0 aliphatic carbocycles. The van der Waals surface area contributed by atoms with Crippen LogP contribution in [0.3, 0.4) is 0 Å². The lowest BCUT2D eigenvalue weighted by molar-refractivity contribution is 0.361. The van der Waals surface area contributed by atoms with Crippen molar-refractivity contribution in [3.8, 4) is 0 Å². The Bertz CT molecular complexity index is 429. The molecule has 0 saturated carbocycles. The Morgan fingerprint density at radius 3 is 2.26 bits per heavy atom. The summed E-state index contributed by atoms with van der Waals surface area (Å²) in [5, 5.41) is 3.64. The third kappa shape index (κ3) is 2.59. The fourth-order valence-corrected chi connectivity index (χ4v) is 5.14. The van der Waals surface area contributed by atoms with E-state index in [9.17, 15) is 0 Å². The molecule has 1 N–H and O–H groups in total. The van der Waals surface area contributed by atoms with E-state index in [1.165, 1.54) is 40.3 Å². The highest BCUT2D eigenvalue weighted by Crippen LogP contribution is 2.45. The van der Waals surface area contributed by atoms with Crippen molar-refractivity contribution < 1.29 is 0 Å². The van der Waals surface area contributed by atoms with Gasteiger partial charge in [0.2, 0.25) is 0 Å². The van der Waals surface area contributed by atoms with Crippen molar-refractivity contribution in [2.45, 2.75) is 50.7 Å². The third-order valence-corrected chi connectivity index (χ3v) is 5.70. The van der Waals surface area contributed by atoms with Crippen LogP contribution in [-0.2, 0) is 0 Å². The monoisotopic (exact) mass is 386 g/mol. The van der Waals surface area contributed by atoms with Crippen molar-refractivity contribution in [3.05, 3.63) is 27.1 Å². The SMILES string of the molecule is CCNC1CC2CCC(C1)N2c1c(Br)cccc1Br. The molecule has 4 heteroatoms. The number of benzene rings is 1.